The van der Waals surface area contributed by atoms with Gasteiger partial charge in [0.2, 0.25) is 0 Å². The van der Waals surface area contributed by atoms with E-state index < -0.39 is 0 Å². The predicted molar refractivity (Wildman–Crippen MR) is 112 cm³/mol. The summed E-state index contributed by atoms with van der Waals surface area (Å²) in [6, 6.07) is 20.7. The molecule has 0 bridgehead atoms. The van der Waals surface area contributed by atoms with Crippen molar-refractivity contribution in [3.05, 3.63) is 71.9 Å². The highest BCUT2D eigenvalue weighted by Gasteiger charge is 2.24. The van der Waals surface area contributed by atoms with Gasteiger partial charge in [-0.1, -0.05) is 18.2 Å². The second-order valence-electron chi connectivity index (χ2n) is 7.24. The molecule has 2 aromatic heterocycles. The van der Waals surface area contributed by atoms with Crippen molar-refractivity contribution in [2.45, 2.75) is 13.1 Å². The third-order valence-electron chi connectivity index (χ3n) is 5.31. The Morgan fingerprint density at radius 1 is 0.857 bits per heavy atom. The molecule has 28 heavy (non-hydrogen) atoms. The molecule has 0 radical (unpaired) electrons. The van der Waals surface area contributed by atoms with Crippen LogP contribution in [-0.2, 0) is 0 Å². The number of imidazole rings is 1. The Balaban J connectivity index is 1.43. The first kappa shape index (κ1) is 15.3. The third kappa shape index (κ3) is 2.28. The number of fused-ring (bicyclic) bond motifs is 3. The van der Waals surface area contributed by atoms with E-state index in [9.17, 15) is 0 Å². The lowest BCUT2D eigenvalue weighted by Crippen LogP contribution is -2.12. The number of hydrogen-bond acceptors (Lipinski definition) is 4. The first-order valence-corrected chi connectivity index (χ1v) is 9.31. The molecule has 0 atom stereocenters. The summed E-state index contributed by atoms with van der Waals surface area (Å²) in [6.07, 6.45) is -0.0454. The molecule has 0 spiro atoms. The van der Waals surface area contributed by atoms with Gasteiger partial charge in [-0.05, 0) is 55.0 Å². The first-order chi connectivity index (χ1) is 13.7. The number of aromatic amines is 2. The zero-order chi connectivity index (χ0) is 18.7. The van der Waals surface area contributed by atoms with E-state index in [0.717, 1.165) is 50.4 Å². The van der Waals surface area contributed by atoms with E-state index >= 15 is 0 Å². The van der Waals surface area contributed by atoms with Gasteiger partial charge in [0.25, 0.3) is 0 Å². The zero-order valence-electron chi connectivity index (χ0n) is 15.2. The number of aryl methyl sites for hydroxylation is 1. The Morgan fingerprint density at radius 3 is 2.46 bits per heavy atom. The van der Waals surface area contributed by atoms with Gasteiger partial charge in [-0.2, -0.15) is 5.10 Å². The topological polar surface area (TPSA) is 81.4 Å². The average molecular weight is 366 g/mol. The molecule has 4 N–H and O–H groups in total. The van der Waals surface area contributed by atoms with Gasteiger partial charge in [0.15, 0.2) is 0 Å². The van der Waals surface area contributed by atoms with E-state index in [1.807, 2.05) is 18.2 Å². The van der Waals surface area contributed by atoms with E-state index in [4.69, 9.17) is 4.98 Å². The molecule has 0 unspecified atom stereocenters. The fourth-order valence-corrected chi connectivity index (χ4v) is 3.88. The van der Waals surface area contributed by atoms with Crippen LogP contribution in [0.1, 0.15) is 17.4 Å². The summed E-state index contributed by atoms with van der Waals surface area (Å²) in [7, 11) is 0. The molecule has 136 valence electrons. The molecule has 0 fully saturated rings. The number of aromatic nitrogens is 4. The minimum absolute atomic E-state index is 0.0454. The number of para-hydroxylation sites is 2. The van der Waals surface area contributed by atoms with Crippen LogP contribution in [-0.4, -0.2) is 20.2 Å². The average Bonchev–Trinajstić information content (AvgIpc) is 3.42. The van der Waals surface area contributed by atoms with Crippen LogP contribution in [0.3, 0.4) is 0 Å². The lowest BCUT2D eigenvalue weighted by molar-refractivity contribution is 0.874. The minimum atomic E-state index is -0.0454. The van der Waals surface area contributed by atoms with Crippen LogP contribution in [0.25, 0.3) is 33.3 Å². The number of benzene rings is 3. The number of nitrogens with one attached hydrogen (secondary N) is 4. The molecule has 1 aliphatic heterocycles. The maximum absolute atomic E-state index is 4.76. The fraction of sp³-hybridized carbons (Fsp3) is 0.0909. The lowest BCUT2D eigenvalue weighted by Gasteiger charge is -2.11. The van der Waals surface area contributed by atoms with Crippen molar-refractivity contribution < 1.29 is 0 Å². The van der Waals surface area contributed by atoms with Crippen LogP contribution >= 0.6 is 0 Å². The highest BCUT2D eigenvalue weighted by atomic mass is 15.2. The summed E-state index contributed by atoms with van der Waals surface area (Å²) in [4.78, 5) is 8.20. The Hall–Kier alpha value is -3.80. The fourth-order valence-electron chi connectivity index (χ4n) is 3.88. The van der Waals surface area contributed by atoms with Gasteiger partial charge in [0.1, 0.15) is 12.0 Å². The molecule has 6 rings (SSSR count). The van der Waals surface area contributed by atoms with Crippen molar-refractivity contribution in [3.8, 4) is 11.4 Å². The molecular formula is C22H18N6. The number of anilines is 2. The van der Waals surface area contributed by atoms with Crippen LogP contribution in [0.2, 0.25) is 0 Å². The predicted octanol–water partition coefficient (Wildman–Crippen LogP) is 4.95. The summed E-state index contributed by atoms with van der Waals surface area (Å²) in [5.41, 5.74) is 8.43. The Morgan fingerprint density at radius 2 is 1.64 bits per heavy atom. The minimum Gasteiger partial charge on any atom is -0.359 e. The largest absolute Gasteiger partial charge is 0.359 e. The van der Waals surface area contributed by atoms with Gasteiger partial charge >= 0.3 is 0 Å². The highest BCUT2D eigenvalue weighted by Crippen LogP contribution is 2.37. The maximum Gasteiger partial charge on any atom is 0.141 e. The molecule has 0 saturated carbocycles. The molecule has 5 aromatic rings. The van der Waals surface area contributed by atoms with Gasteiger partial charge in [0, 0.05) is 10.9 Å². The standard InChI is InChI=1S/C22H18N6/c1-12-6-8-18-19(10-12)26-21(23-18)13-7-9-15-14(11-13)20(28-27-15)22-24-16-4-2-3-5-17(16)25-22/h2-11,22,24-25H,1H3,(H,23,26)(H,27,28). The Kier molecular flexibility index (Phi) is 3.05. The number of rotatable bonds is 2. The molecule has 0 saturated heterocycles. The van der Waals surface area contributed by atoms with E-state index in [-0.39, 0.29) is 6.17 Å². The molecular weight excluding hydrogens is 348 g/mol. The van der Waals surface area contributed by atoms with Gasteiger partial charge in [0.05, 0.1) is 33.6 Å². The van der Waals surface area contributed by atoms with Gasteiger partial charge in [-0.25, -0.2) is 4.98 Å². The summed E-state index contributed by atoms with van der Waals surface area (Å²) < 4.78 is 0. The molecule has 0 aliphatic carbocycles. The van der Waals surface area contributed by atoms with Crippen molar-refractivity contribution in [1.29, 1.82) is 0 Å². The van der Waals surface area contributed by atoms with E-state index in [0.29, 0.717) is 0 Å². The second-order valence-corrected chi connectivity index (χ2v) is 7.24. The molecule has 6 heteroatoms. The second kappa shape index (κ2) is 5.60. The van der Waals surface area contributed by atoms with E-state index in [2.05, 4.69) is 75.2 Å². The molecule has 3 aromatic carbocycles. The van der Waals surface area contributed by atoms with Crippen molar-refractivity contribution >= 4 is 33.3 Å². The summed E-state index contributed by atoms with van der Waals surface area (Å²) in [5.74, 6) is 0.866. The number of hydrogen-bond donors (Lipinski definition) is 4. The molecule has 6 nitrogen and oxygen atoms in total. The summed E-state index contributed by atoms with van der Waals surface area (Å²) in [6.45, 7) is 2.09. The smallest absolute Gasteiger partial charge is 0.141 e. The Labute approximate surface area is 161 Å². The van der Waals surface area contributed by atoms with E-state index in [1.54, 1.807) is 0 Å². The summed E-state index contributed by atoms with van der Waals surface area (Å²) in [5, 5.41) is 15.8. The van der Waals surface area contributed by atoms with Crippen LogP contribution in [0, 0.1) is 6.92 Å². The van der Waals surface area contributed by atoms with Gasteiger partial charge in [-0.15, -0.1) is 0 Å². The Bertz CT molecular complexity index is 1320. The maximum atomic E-state index is 4.76. The van der Waals surface area contributed by atoms with Gasteiger partial charge < -0.3 is 15.6 Å². The van der Waals surface area contributed by atoms with Crippen LogP contribution in [0.4, 0.5) is 11.4 Å². The normalized spacial score (nSPS) is 13.6. The SMILES string of the molecule is Cc1ccc2nc(-c3ccc4n[nH]c(C5Nc6ccccc6N5)c4c3)[nH]c2c1. The van der Waals surface area contributed by atoms with Crippen LogP contribution < -0.4 is 10.6 Å². The number of H-pyrrole nitrogens is 2. The van der Waals surface area contributed by atoms with Gasteiger partial charge in [-0.3, -0.25) is 5.10 Å². The number of nitrogens with zero attached hydrogens (tertiary/aromatic N) is 2. The monoisotopic (exact) mass is 366 g/mol. The zero-order valence-corrected chi connectivity index (χ0v) is 15.2. The third-order valence-corrected chi connectivity index (χ3v) is 5.31. The van der Waals surface area contributed by atoms with Crippen LogP contribution in [0.15, 0.2) is 60.7 Å². The van der Waals surface area contributed by atoms with Crippen molar-refractivity contribution in [2.75, 3.05) is 10.6 Å². The summed E-state index contributed by atoms with van der Waals surface area (Å²) >= 11 is 0. The highest BCUT2D eigenvalue weighted by molar-refractivity contribution is 5.89. The quantitative estimate of drug-likeness (QED) is 0.356. The first-order valence-electron chi connectivity index (χ1n) is 9.31. The van der Waals surface area contributed by atoms with E-state index in [1.165, 1.54) is 5.56 Å². The molecule has 1 aliphatic rings. The van der Waals surface area contributed by atoms with Crippen molar-refractivity contribution in [3.63, 3.8) is 0 Å². The lowest BCUT2D eigenvalue weighted by atomic mass is 10.1. The molecule has 3 heterocycles. The van der Waals surface area contributed by atoms with Crippen molar-refractivity contribution in [1.82, 2.24) is 20.2 Å². The molecule has 0 amide bonds. The van der Waals surface area contributed by atoms with Crippen molar-refractivity contribution in [2.24, 2.45) is 0 Å². The van der Waals surface area contributed by atoms with Crippen LogP contribution in [0.5, 0.6) is 0 Å².